The van der Waals surface area contributed by atoms with Crippen LogP contribution in [0, 0.1) is 17.2 Å². The number of hydrogen-bond acceptors (Lipinski definition) is 5. The SMILES string of the molecule is C[C@H]1C[C@@H](NC(=O)CN(C)C)C[C@@H](c2ccc(C#N)c3nccnc23)C1. The van der Waals surface area contributed by atoms with Gasteiger partial charge in [0.1, 0.15) is 11.6 Å². The zero-order chi connectivity index (χ0) is 18.7. The van der Waals surface area contributed by atoms with Crippen molar-refractivity contribution in [3.63, 3.8) is 0 Å². The van der Waals surface area contributed by atoms with Gasteiger partial charge in [0.25, 0.3) is 0 Å². The lowest BCUT2D eigenvalue weighted by Crippen LogP contribution is -2.43. The molecule has 3 rings (SSSR count). The number of likely N-dealkylation sites (N-methyl/N-ethyl adjacent to an activating group) is 1. The third-order valence-corrected chi connectivity index (χ3v) is 4.98. The zero-order valence-corrected chi connectivity index (χ0v) is 15.6. The third kappa shape index (κ3) is 4.00. The van der Waals surface area contributed by atoms with E-state index in [9.17, 15) is 10.1 Å². The number of hydrogen-bond donors (Lipinski definition) is 1. The van der Waals surface area contributed by atoms with Gasteiger partial charge < -0.3 is 10.2 Å². The van der Waals surface area contributed by atoms with Gasteiger partial charge >= 0.3 is 0 Å². The highest BCUT2D eigenvalue weighted by Gasteiger charge is 2.30. The van der Waals surface area contributed by atoms with Gasteiger partial charge in [-0.3, -0.25) is 14.8 Å². The summed E-state index contributed by atoms with van der Waals surface area (Å²) >= 11 is 0. The number of nitriles is 1. The maximum atomic E-state index is 12.2. The standard InChI is InChI=1S/C20H25N5O/c1-13-8-15(10-16(9-13)24-18(26)12-25(2)3)17-5-4-14(11-21)19-20(17)23-7-6-22-19/h4-7,13,15-16H,8-10,12H2,1-3H3,(H,24,26)/t13-,15+,16-/m1/s1. The lowest BCUT2D eigenvalue weighted by Gasteiger charge is -2.34. The van der Waals surface area contributed by atoms with Crippen LogP contribution in [0.4, 0.5) is 0 Å². The number of nitrogens with one attached hydrogen (secondary N) is 1. The largest absolute Gasteiger partial charge is 0.352 e. The van der Waals surface area contributed by atoms with Crippen LogP contribution in [0.3, 0.4) is 0 Å². The van der Waals surface area contributed by atoms with Gasteiger partial charge in [0, 0.05) is 18.4 Å². The predicted molar refractivity (Wildman–Crippen MR) is 100 cm³/mol. The van der Waals surface area contributed by atoms with Gasteiger partial charge in [-0.15, -0.1) is 0 Å². The summed E-state index contributed by atoms with van der Waals surface area (Å²) in [5.41, 5.74) is 3.16. The van der Waals surface area contributed by atoms with Crippen molar-refractivity contribution in [3.8, 4) is 6.07 Å². The van der Waals surface area contributed by atoms with E-state index < -0.39 is 0 Å². The second kappa shape index (κ2) is 7.79. The molecular formula is C20H25N5O. The molecular weight excluding hydrogens is 326 g/mol. The molecule has 1 N–H and O–H groups in total. The van der Waals surface area contributed by atoms with Crippen molar-refractivity contribution in [1.82, 2.24) is 20.2 Å². The van der Waals surface area contributed by atoms with E-state index in [1.165, 1.54) is 0 Å². The summed E-state index contributed by atoms with van der Waals surface area (Å²) in [7, 11) is 3.79. The minimum atomic E-state index is 0.0670. The Kier molecular flexibility index (Phi) is 5.48. The summed E-state index contributed by atoms with van der Waals surface area (Å²) in [6.07, 6.45) is 6.24. The zero-order valence-electron chi connectivity index (χ0n) is 15.6. The Hall–Kier alpha value is -2.52. The quantitative estimate of drug-likeness (QED) is 0.915. The van der Waals surface area contributed by atoms with Crippen LogP contribution in [0.25, 0.3) is 11.0 Å². The number of rotatable bonds is 4. The molecule has 1 aliphatic carbocycles. The monoisotopic (exact) mass is 351 g/mol. The molecule has 1 amide bonds. The van der Waals surface area contributed by atoms with Gasteiger partial charge in [0.15, 0.2) is 0 Å². The van der Waals surface area contributed by atoms with Crippen LogP contribution in [-0.2, 0) is 4.79 Å². The molecule has 0 spiro atoms. The van der Waals surface area contributed by atoms with Gasteiger partial charge in [-0.1, -0.05) is 13.0 Å². The van der Waals surface area contributed by atoms with E-state index in [0.717, 1.165) is 30.3 Å². The van der Waals surface area contributed by atoms with Crippen molar-refractivity contribution < 1.29 is 4.79 Å². The van der Waals surface area contributed by atoms with E-state index in [1.807, 2.05) is 31.1 Å². The summed E-state index contributed by atoms with van der Waals surface area (Å²) in [6, 6.07) is 6.21. The molecule has 1 heterocycles. The molecule has 0 unspecified atom stereocenters. The first kappa shape index (κ1) is 18.3. The highest BCUT2D eigenvalue weighted by Crippen LogP contribution is 2.38. The average molecular weight is 351 g/mol. The van der Waals surface area contributed by atoms with Crippen molar-refractivity contribution >= 4 is 16.9 Å². The van der Waals surface area contributed by atoms with E-state index in [-0.39, 0.29) is 11.9 Å². The van der Waals surface area contributed by atoms with Gasteiger partial charge in [-0.2, -0.15) is 5.26 Å². The first-order valence-electron chi connectivity index (χ1n) is 9.05. The summed E-state index contributed by atoms with van der Waals surface area (Å²) in [4.78, 5) is 22.9. The van der Waals surface area contributed by atoms with Gasteiger partial charge in [-0.25, -0.2) is 0 Å². The summed E-state index contributed by atoms with van der Waals surface area (Å²) in [5.74, 6) is 0.883. The number of carbonyl (C=O) groups is 1. The molecule has 1 aromatic carbocycles. The molecule has 2 aromatic rings. The average Bonchev–Trinajstić information content (AvgIpc) is 2.59. The maximum absolute atomic E-state index is 12.2. The number of carbonyl (C=O) groups excluding carboxylic acids is 1. The van der Waals surface area contributed by atoms with Gasteiger partial charge in [0.05, 0.1) is 17.6 Å². The number of aromatic nitrogens is 2. The van der Waals surface area contributed by atoms with E-state index in [2.05, 4.69) is 28.3 Å². The third-order valence-electron chi connectivity index (χ3n) is 4.98. The molecule has 1 fully saturated rings. The minimum absolute atomic E-state index is 0.0670. The maximum Gasteiger partial charge on any atom is 0.234 e. The fraction of sp³-hybridized carbons (Fsp3) is 0.500. The second-order valence-electron chi connectivity index (χ2n) is 7.58. The van der Waals surface area contributed by atoms with Crippen molar-refractivity contribution in [2.24, 2.45) is 5.92 Å². The highest BCUT2D eigenvalue weighted by atomic mass is 16.2. The Balaban J connectivity index is 1.86. The van der Waals surface area contributed by atoms with Crippen LogP contribution in [0.1, 0.15) is 43.2 Å². The van der Waals surface area contributed by atoms with Gasteiger partial charge in [0.2, 0.25) is 5.91 Å². The number of nitrogens with zero attached hydrogens (tertiary/aromatic N) is 4. The minimum Gasteiger partial charge on any atom is -0.352 e. The Bertz CT molecular complexity index is 842. The predicted octanol–water partition coefficient (Wildman–Crippen LogP) is 2.45. The molecule has 26 heavy (non-hydrogen) atoms. The number of fused-ring (bicyclic) bond motifs is 1. The number of amides is 1. The van der Waals surface area contributed by atoms with Crippen molar-refractivity contribution in [2.75, 3.05) is 20.6 Å². The first-order valence-corrected chi connectivity index (χ1v) is 9.05. The molecule has 1 aliphatic rings. The lowest BCUT2D eigenvalue weighted by atomic mass is 9.75. The second-order valence-corrected chi connectivity index (χ2v) is 7.58. The van der Waals surface area contributed by atoms with Crippen LogP contribution in [0.15, 0.2) is 24.5 Å². The molecule has 136 valence electrons. The summed E-state index contributed by atoms with van der Waals surface area (Å²) in [6.45, 7) is 2.63. The summed E-state index contributed by atoms with van der Waals surface area (Å²) in [5, 5.41) is 12.5. The molecule has 1 saturated carbocycles. The smallest absolute Gasteiger partial charge is 0.234 e. The van der Waals surface area contributed by atoms with Gasteiger partial charge in [-0.05, 0) is 56.8 Å². The van der Waals surface area contributed by atoms with Crippen LogP contribution < -0.4 is 5.32 Å². The number of benzene rings is 1. The van der Waals surface area contributed by atoms with E-state index in [4.69, 9.17) is 0 Å². The molecule has 6 nitrogen and oxygen atoms in total. The Morgan fingerprint density at radius 1 is 1.23 bits per heavy atom. The summed E-state index contributed by atoms with van der Waals surface area (Å²) < 4.78 is 0. The van der Waals surface area contributed by atoms with Crippen LogP contribution >= 0.6 is 0 Å². The topological polar surface area (TPSA) is 81.9 Å². The fourth-order valence-electron chi connectivity index (χ4n) is 4.03. The van der Waals surface area contributed by atoms with Crippen LogP contribution in [-0.4, -0.2) is 47.5 Å². The molecule has 1 aromatic heterocycles. The molecule has 3 atom stereocenters. The lowest BCUT2D eigenvalue weighted by molar-refractivity contribution is -0.122. The Morgan fingerprint density at radius 2 is 1.96 bits per heavy atom. The Morgan fingerprint density at radius 3 is 2.65 bits per heavy atom. The van der Waals surface area contributed by atoms with Crippen molar-refractivity contribution in [2.45, 2.75) is 38.1 Å². The first-order chi connectivity index (χ1) is 12.5. The molecule has 0 radical (unpaired) electrons. The van der Waals surface area contributed by atoms with Crippen molar-refractivity contribution in [3.05, 3.63) is 35.7 Å². The molecule has 6 heteroatoms. The molecule has 0 aliphatic heterocycles. The van der Waals surface area contributed by atoms with E-state index in [1.54, 1.807) is 12.4 Å². The Labute approximate surface area is 154 Å². The highest BCUT2D eigenvalue weighted by molar-refractivity contribution is 5.84. The van der Waals surface area contributed by atoms with E-state index >= 15 is 0 Å². The normalized spacial score (nSPS) is 23.0. The van der Waals surface area contributed by atoms with Crippen molar-refractivity contribution in [1.29, 1.82) is 5.26 Å². The fourth-order valence-corrected chi connectivity index (χ4v) is 4.03. The van der Waals surface area contributed by atoms with Crippen LogP contribution in [0.2, 0.25) is 0 Å². The molecule has 0 saturated heterocycles. The van der Waals surface area contributed by atoms with E-state index in [0.29, 0.717) is 29.5 Å². The van der Waals surface area contributed by atoms with Crippen LogP contribution in [0.5, 0.6) is 0 Å². The molecule has 0 bridgehead atoms.